The van der Waals surface area contributed by atoms with Crippen molar-refractivity contribution in [3.63, 3.8) is 0 Å². The molecule has 1 atom stereocenters. The van der Waals surface area contributed by atoms with E-state index in [0.29, 0.717) is 6.42 Å². The lowest BCUT2D eigenvalue weighted by molar-refractivity contribution is -0.136. The first kappa shape index (κ1) is 11.3. The summed E-state index contributed by atoms with van der Waals surface area (Å²) >= 11 is 0. The molecule has 1 amide bonds. The van der Waals surface area contributed by atoms with Crippen molar-refractivity contribution >= 4 is 5.91 Å². The van der Waals surface area contributed by atoms with Crippen molar-refractivity contribution in [3.8, 4) is 0 Å². The van der Waals surface area contributed by atoms with Gasteiger partial charge in [-0.05, 0) is 19.4 Å². The molecule has 2 N–H and O–H groups in total. The fourth-order valence-electron chi connectivity index (χ4n) is 1.36. The number of carbonyl (C=O) groups is 1. The maximum absolute atomic E-state index is 11.7. The average Bonchev–Trinajstić information content (AvgIpc) is 2.53. The van der Waals surface area contributed by atoms with Gasteiger partial charge in [0, 0.05) is 6.54 Å². The van der Waals surface area contributed by atoms with E-state index >= 15 is 0 Å². The van der Waals surface area contributed by atoms with Crippen molar-refractivity contribution in [2.75, 3.05) is 13.1 Å². The second-order valence-electron chi connectivity index (χ2n) is 3.31. The second kappa shape index (κ2) is 4.63. The van der Waals surface area contributed by atoms with Crippen molar-refractivity contribution in [2.24, 2.45) is 0 Å². The molecule has 14 heavy (non-hydrogen) atoms. The Balaban J connectivity index is 2.15. The Hall–Kier alpha value is -0.780. The number of nitrogens with one attached hydrogen (secondary N) is 2. The highest BCUT2D eigenvalue weighted by Gasteiger charge is 2.28. The lowest BCUT2D eigenvalue weighted by atomic mass is 10.2. The lowest BCUT2D eigenvalue weighted by Crippen LogP contribution is -2.41. The van der Waals surface area contributed by atoms with Gasteiger partial charge in [0.15, 0.2) is 0 Å². The molecule has 0 radical (unpaired) electrons. The topological polar surface area (TPSA) is 41.1 Å². The molecule has 6 heteroatoms. The molecular formula is C8H13F3N2O. The molecule has 0 unspecified atom stereocenters. The molecule has 0 aromatic rings. The molecule has 0 aliphatic carbocycles. The first-order valence-corrected chi connectivity index (χ1v) is 4.57. The fraction of sp³-hybridized carbons (Fsp3) is 0.875. The van der Waals surface area contributed by atoms with Crippen LogP contribution in [0.2, 0.25) is 0 Å². The minimum atomic E-state index is -4.20. The van der Waals surface area contributed by atoms with E-state index in [0.717, 1.165) is 13.0 Å². The Labute approximate surface area is 80.0 Å². The van der Waals surface area contributed by atoms with E-state index in [1.54, 1.807) is 0 Å². The second-order valence-corrected chi connectivity index (χ2v) is 3.31. The van der Waals surface area contributed by atoms with E-state index in [9.17, 15) is 18.0 Å². The van der Waals surface area contributed by atoms with Gasteiger partial charge in [0.1, 0.15) is 0 Å². The molecule has 0 spiro atoms. The lowest BCUT2D eigenvalue weighted by Gasteiger charge is -2.11. The van der Waals surface area contributed by atoms with Crippen LogP contribution >= 0.6 is 0 Å². The minimum Gasteiger partial charge on any atom is -0.354 e. The molecule has 0 aromatic heterocycles. The monoisotopic (exact) mass is 210 g/mol. The zero-order valence-corrected chi connectivity index (χ0v) is 7.66. The van der Waals surface area contributed by atoms with E-state index in [-0.39, 0.29) is 18.5 Å². The summed E-state index contributed by atoms with van der Waals surface area (Å²) in [7, 11) is 0. The molecule has 0 aromatic carbocycles. The highest BCUT2D eigenvalue weighted by molar-refractivity contribution is 5.81. The summed E-state index contributed by atoms with van der Waals surface area (Å²) in [4.78, 5) is 11.2. The van der Waals surface area contributed by atoms with E-state index in [2.05, 4.69) is 10.6 Å². The van der Waals surface area contributed by atoms with Crippen LogP contribution in [-0.4, -0.2) is 31.2 Å². The van der Waals surface area contributed by atoms with Gasteiger partial charge in [-0.2, -0.15) is 13.2 Å². The van der Waals surface area contributed by atoms with Crippen LogP contribution in [0.5, 0.6) is 0 Å². The molecule has 1 rings (SSSR count). The van der Waals surface area contributed by atoms with Crippen LogP contribution in [0.4, 0.5) is 13.2 Å². The number of amides is 1. The molecular weight excluding hydrogens is 197 g/mol. The van der Waals surface area contributed by atoms with Crippen LogP contribution in [-0.2, 0) is 4.79 Å². The average molecular weight is 210 g/mol. The molecule has 0 saturated carbocycles. The number of rotatable bonds is 3. The number of hydrogen-bond donors (Lipinski definition) is 2. The molecule has 0 bridgehead atoms. The number of alkyl halides is 3. The first-order chi connectivity index (χ1) is 6.49. The van der Waals surface area contributed by atoms with Crippen LogP contribution in [0, 0.1) is 0 Å². The summed E-state index contributed by atoms with van der Waals surface area (Å²) in [5, 5.41) is 5.17. The Kier molecular flexibility index (Phi) is 3.74. The van der Waals surface area contributed by atoms with Crippen molar-refractivity contribution in [2.45, 2.75) is 31.5 Å². The highest BCUT2D eigenvalue weighted by Crippen LogP contribution is 2.18. The first-order valence-electron chi connectivity index (χ1n) is 4.57. The predicted molar refractivity (Wildman–Crippen MR) is 44.7 cm³/mol. The third-order valence-electron chi connectivity index (χ3n) is 2.08. The van der Waals surface area contributed by atoms with Crippen LogP contribution in [0.25, 0.3) is 0 Å². The Morgan fingerprint density at radius 1 is 1.50 bits per heavy atom. The number of halogens is 3. The Bertz CT molecular complexity index is 199. The third kappa shape index (κ3) is 3.95. The van der Waals surface area contributed by atoms with Crippen molar-refractivity contribution < 1.29 is 18.0 Å². The standard InChI is InChI=1S/C8H13F3N2O/c9-8(10,11)3-5-13-7(14)6-2-1-4-12-6/h6,12H,1-5H2,(H,13,14)/t6-/m1/s1. The molecule has 1 heterocycles. The quantitative estimate of drug-likeness (QED) is 0.723. The largest absolute Gasteiger partial charge is 0.390 e. The fourth-order valence-corrected chi connectivity index (χ4v) is 1.36. The number of carbonyl (C=O) groups excluding carboxylic acids is 1. The normalized spacial score (nSPS) is 22.4. The van der Waals surface area contributed by atoms with Crippen LogP contribution < -0.4 is 10.6 Å². The summed E-state index contributed by atoms with van der Waals surface area (Å²) in [5.74, 6) is -0.327. The maximum Gasteiger partial charge on any atom is 0.390 e. The van der Waals surface area contributed by atoms with Gasteiger partial charge < -0.3 is 10.6 Å². The van der Waals surface area contributed by atoms with Gasteiger partial charge in [-0.3, -0.25) is 4.79 Å². The minimum absolute atomic E-state index is 0.303. The molecule has 1 fully saturated rings. The molecule has 3 nitrogen and oxygen atoms in total. The Morgan fingerprint density at radius 3 is 2.71 bits per heavy atom. The summed E-state index contributed by atoms with van der Waals surface area (Å²) < 4.78 is 35.1. The van der Waals surface area contributed by atoms with Gasteiger partial charge >= 0.3 is 6.18 Å². The third-order valence-corrected chi connectivity index (χ3v) is 2.08. The summed E-state index contributed by atoms with van der Waals surface area (Å²) in [6.45, 7) is 0.428. The van der Waals surface area contributed by atoms with Gasteiger partial charge in [0.05, 0.1) is 12.5 Å². The van der Waals surface area contributed by atoms with Gasteiger partial charge in [-0.25, -0.2) is 0 Å². The van der Waals surface area contributed by atoms with Crippen molar-refractivity contribution in [1.82, 2.24) is 10.6 Å². The van der Waals surface area contributed by atoms with Crippen LogP contribution in [0.1, 0.15) is 19.3 Å². The zero-order valence-electron chi connectivity index (χ0n) is 7.66. The van der Waals surface area contributed by atoms with Crippen molar-refractivity contribution in [1.29, 1.82) is 0 Å². The summed E-state index contributed by atoms with van der Waals surface area (Å²) in [5.41, 5.74) is 0. The van der Waals surface area contributed by atoms with E-state index in [1.165, 1.54) is 0 Å². The number of hydrogen-bond acceptors (Lipinski definition) is 2. The molecule has 82 valence electrons. The van der Waals surface area contributed by atoms with Crippen LogP contribution in [0.15, 0.2) is 0 Å². The Morgan fingerprint density at radius 2 is 2.21 bits per heavy atom. The summed E-state index contributed by atoms with van der Waals surface area (Å²) in [6.07, 6.45) is -3.56. The smallest absolute Gasteiger partial charge is 0.354 e. The SMILES string of the molecule is O=C(NCCC(F)(F)F)[C@H]1CCCN1. The van der Waals surface area contributed by atoms with Gasteiger partial charge in [0.2, 0.25) is 5.91 Å². The predicted octanol–water partition coefficient (Wildman–Crippen LogP) is 0.807. The maximum atomic E-state index is 11.7. The zero-order chi connectivity index (χ0) is 10.6. The molecule has 1 aliphatic heterocycles. The summed E-state index contributed by atoms with van der Waals surface area (Å²) in [6, 6.07) is -0.303. The van der Waals surface area contributed by atoms with Gasteiger partial charge in [0.25, 0.3) is 0 Å². The van der Waals surface area contributed by atoms with E-state index in [1.807, 2.05) is 0 Å². The molecule has 1 aliphatic rings. The van der Waals surface area contributed by atoms with Crippen LogP contribution in [0.3, 0.4) is 0 Å². The van der Waals surface area contributed by atoms with Gasteiger partial charge in [-0.1, -0.05) is 0 Å². The van der Waals surface area contributed by atoms with Crippen molar-refractivity contribution in [3.05, 3.63) is 0 Å². The van der Waals surface area contributed by atoms with E-state index < -0.39 is 12.6 Å². The van der Waals surface area contributed by atoms with E-state index in [4.69, 9.17) is 0 Å². The highest BCUT2D eigenvalue weighted by atomic mass is 19.4. The van der Waals surface area contributed by atoms with Gasteiger partial charge in [-0.15, -0.1) is 0 Å². The molecule has 1 saturated heterocycles.